The molecular formula is C14H30N2O2. The molecule has 0 aliphatic carbocycles. The molecule has 0 spiro atoms. The second-order valence-corrected chi connectivity index (χ2v) is 6.00. The van der Waals surface area contributed by atoms with E-state index >= 15 is 0 Å². The minimum absolute atomic E-state index is 0.141. The van der Waals surface area contributed by atoms with Gasteiger partial charge in [0.25, 0.3) is 0 Å². The Balaban J connectivity index is 4.27. The molecule has 108 valence electrons. The zero-order valence-corrected chi connectivity index (χ0v) is 12.9. The van der Waals surface area contributed by atoms with Crippen LogP contribution >= 0.6 is 0 Å². The van der Waals surface area contributed by atoms with Crippen molar-refractivity contribution in [3.8, 4) is 0 Å². The van der Waals surface area contributed by atoms with Crippen LogP contribution in [0.2, 0.25) is 0 Å². The van der Waals surface area contributed by atoms with Crippen molar-refractivity contribution in [1.82, 2.24) is 10.2 Å². The van der Waals surface area contributed by atoms with Gasteiger partial charge in [-0.1, -0.05) is 33.6 Å². The fourth-order valence-corrected chi connectivity index (χ4v) is 2.17. The van der Waals surface area contributed by atoms with Gasteiger partial charge in [-0.05, 0) is 25.9 Å². The quantitative estimate of drug-likeness (QED) is 0.641. The number of nitrogens with one attached hydrogen (secondary N) is 1. The highest BCUT2D eigenvalue weighted by molar-refractivity contribution is 5.75. The molecule has 1 N–H and O–H groups in total. The van der Waals surface area contributed by atoms with Crippen molar-refractivity contribution in [1.29, 1.82) is 0 Å². The number of rotatable bonds is 9. The monoisotopic (exact) mass is 258 g/mol. The highest BCUT2D eigenvalue weighted by atomic mass is 16.5. The van der Waals surface area contributed by atoms with Crippen LogP contribution in [0.25, 0.3) is 0 Å². The first-order valence-electron chi connectivity index (χ1n) is 6.78. The van der Waals surface area contributed by atoms with E-state index in [0.717, 1.165) is 32.4 Å². The summed E-state index contributed by atoms with van der Waals surface area (Å²) in [6, 6.07) is -0.170. The fraction of sp³-hybridized carbons (Fsp3) is 0.929. The number of nitrogens with zero attached hydrogens (tertiary/aromatic N) is 1. The maximum absolute atomic E-state index is 11.7. The van der Waals surface area contributed by atoms with Gasteiger partial charge in [0.15, 0.2) is 0 Å². The standard InChI is InChI=1S/C14H30N2O2/c1-7-8-9-12(13(17)18-6)15-10-14(2,3)11-16(4)5/h12,15H,7-11H2,1-6H3. The smallest absolute Gasteiger partial charge is 0.322 e. The summed E-state index contributed by atoms with van der Waals surface area (Å²) in [5.41, 5.74) is 0.141. The Hall–Kier alpha value is -0.610. The lowest BCUT2D eigenvalue weighted by Crippen LogP contribution is -2.45. The number of hydrogen-bond donors (Lipinski definition) is 1. The van der Waals surface area contributed by atoms with Crippen LogP contribution < -0.4 is 5.32 Å². The molecule has 0 aromatic rings. The molecule has 0 saturated carbocycles. The summed E-state index contributed by atoms with van der Waals surface area (Å²) in [7, 11) is 5.58. The molecular weight excluding hydrogens is 228 g/mol. The first-order chi connectivity index (χ1) is 8.32. The van der Waals surface area contributed by atoms with E-state index in [1.807, 2.05) is 0 Å². The third kappa shape index (κ3) is 7.67. The van der Waals surface area contributed by atoms with E-state index in [1.54, 1.807) is 0 Å². The van der Waals surface area contributed by atoms with Crippen molar-refractivity contribution in [2.75, 3.05) is 34.3 Å². The minimum atomic E-state index is -0.170. The molecule has 0 bridgehead atoms. The van der Waals surface area contributed by atoms with Crippen LogP contribution in [0.5, 0.6) is 0 Å². The van der Waals surface area contributed by atoms with Gasteiger partial charge < -0.3 is 15.0 Å². The second-order valence-electron chi connectivity index (χ2n) is 6.00. The Morgan fingerprint density at radius 3 is 2.44 bits per heavy atom. The molecule has 0 aromatic carbocycles. The molecule has 1 unspecified atom stereocenters. The van der Waals surface area contributed by atoms with Gasteiger partial charge in [0.05, 0.1) is 7.11 Å². The summed E-state index contributed by atoms with van der Waals surface area (Å²) in [6.07, 6.45) is 2.98. The summed E-state index contributed by atoms with van der Waals surface area (Å²) in [4.78, 5) is 13.8. The zero-order valence-electron chi connectivity index (χ0n) is 12.9. The van der Waals surface area contributed by atoms with E-state index < -0.39 is 0 Å². The Morgan fingerprint density at radius 1 is 1.39 bits per heavy atom. The van der Waals surface area contributed by atoms with Crippen LogP contribution in [0, 0.1) is 5.41 Å². The maximum atomic E-state index is 11.7. The van der Waals surface area contributed by atoms with Crippen LogP contribution in [0.4, 0.5) is 0 Å². The summed E-state index contributed by atoms with van der Waals surface area (Å²) in [5, 5.41) is 3.35. The van der Waals surface area contributed by atoms with Crippen molar-refractivity contribution in [3.05, 3.63) is 0 Å². The van der Waals surface area contributed by atoms with Gasteiger partial charge >= 0.3 is 5.97 Å². The van der Waals surface area contributed by atoms with Crippen LogP contribution in [-0.4, -0.2) is 51.2 Å². The van der Waals surface area contributed by atoms with Crippen LogP contribution in [0.15, 0.2) is 0 Å². The number of esters is 1. The number of carbonyl (C=O) groups is 1. The average molecular weight is 258 g/mol. The normalized spacial score (nSPS) is 13.7. The van der Waals surface area contributed by atoms with Crippen molar-refractivity contribution < 1.29 is 9.53 Å². The molecule has 0 fully saturated rings. The average Bonchev–Trinajstić information content (AvgIpc) is 2.26. The lowest BCUT2D eigenvalue weighted by molar-refractivity contribution is -0.143. The SMILES string of the molecule is CCCCC(NCC(C)(C)CN(C)C)C(=O)OC. The number of ether oxygens (including phenoxy) is 1. The third-order valence-corrected chi connectivity index (χ3v) is 2.90. The molecule has 0 radical (unpaired) electrons. The first-order valence-corrected chi connectivity index (χ1v) is 6.78. The van der Waals surface area contributed by atoms with Gasteiger partial charge in [-0.2, -0.15) is 0 Å². The Morgan fingerprint density at radius 2 is 2.00 bits per heavy atom. The van der Waals surface area contributed by atoms with Gasteiger partial charge in [0, 0.05) is 13.1 Å². The van der Waals surface area contributed by atoms with Gasteiger partial charge in [-0.25, -0.2) is 0 Å². The Bertz CT molecular complexity index is 240. The predicted molar refractivity (Wildman–Crippen MR) is 75.7 cm³/mol. The molecule has 18 heavy (non-hydrogen) atoms. The van der Waals surface area contributed by atoms with E-state index in [2.05, 4.69) is 45.1 Å². The summed E-state index contributed by atoms with van der Waals surface area (Å²) in [6.45, 7) is 8.34. The first kappa shape index (κ1) is 17.4. The van der Waals surface area contributed by atoms with Crippen molar-refractivity contribution in [3.63, 3.8) is 0 Å². The zero-order chi connectivity index (χ0) is 14.2. The van der Waals surface area contributed by atoms with E-state index in [1.165, 1.54) is 7.11 Å². The molecule has 0 rings (SSSR count). The Labute approximate surface area is 112 Å². The van der Waals surface area contributed by atoms with E-state index in [4.69, 9.17) is 4.74 Å². The maximum Gasteiger partial charge on any atom is 0.322 e. The van der Waals surface area contributed by atoms with Crippen molar-refractivity contribution in [2.45, 2.75) is 46.1 Å². The van der Waals surface area contributed by atoms with E-state index in [-0.39, 0.29) is 17.4 Å². The van der Waals surface area contributed by atoms with Crippen LogP contribution in [0.3, 0.4) is 0 Å². The molecule has 0 aliphatic rings. The van der Waals surface area contributed by atoms with Gasteiger partial charge in [-0.3, -0.25) is 4.79 Å². The summed E-state index contributed by atoms with van der Waals surface area (Å²) < 4.78 is 4.84. The Kier molecular flexibility index (Phi) is 8.20. The highest BCUT2D eigenvalue weighted by Crippen LogP contribution is 2.15. The molecule has 0 aliphatic heterocycles. The molecule has 1 atom stereocenters. The van der Waals surface area contributed by atoms with Crippen molar-refractivity contribution in [2.24, 2.45) is 5.41 Å². The van der Waals surface area contributed by atoms with Gasteiger partial charge in [0.2, 0.25) is 0 Å². The van der Waals surface area contributed by atoms with Crippen LogP contribution in [0.1, 0.15) is 40.0 Å². The lowest BCUT2D eigenvalue weighted by atomic mass is 9.92. The molecule has 0 aromatic heterocycles. The molecule has 0 heterocycles. The summed E-state index contributed by atoms with van der Waals surface area (Å²) in [5.74, 6) is -0.149. The highest BCUT2D eigenvalue weighted by Gasteiger charge is 2.24. The fourth-order valence-electron chi connectivity index (χ4n) is 2.17. The largest absolute Gasteiger partial charge is 0.468 e. The van der Waals surface area contributed by atoms with E-state index in [0.29, 0.717) is 0 Å². The summed E-state index contributed by atoms with van der Waals surface area (Å²) >= 11 is 0. The van der Waals surface area contributed by atoms with Gasteiger partial charge in [-0.15, -0.1) is 0 Å². The predicted octanol–water partition coefficient (Wildman–Crippen LogP) is 1.90. The second kappa shape index (κ2) is 8.48. The van der Waals surface area contributed by atoms with Crippen molar-refractivity contribution >= 4 is 5.97 Å². The number of carbonyl (C=O) groups excluding carboxylic acids is 1. The third-order valence-electron chi connectivity index (χ3n) is 2.90. The number of hydrogen-bond acceptors (Lipinski definition) is 4. The molecule has 0 saturated heterocycles. The van der Waals surface area contributed by atoms with Gasteiger partial charge in [0.1, 0.15) is 6.04 Å². The lowest BCUT2D eigenvalue weighted by Gasteiger charge is -2.30. The minimum Gasteiger partial charge on any atom is -0.468 e. The molecule has 4 nitrogen and oxygen atoms in total. The molecule has 4 heteroatoms. The number of unbranched alkanes of at least 4 members (excludes halogenated alkanes) is 1. The molecule has 0 amide bonds. The van der Waals surface area contributed by atoms with E-state index in [9.17, 15) is 4.79 Å². The number of methoxy groups -OCH3 is 1. The topological polar surface area (TPSA) is 41.6 Å². The van der Waals surface area contributed by atoms with Crippen LogP contribution in [-0.2, 0) is 9.53 Å².